The van der Waals surface area contributed by atoms with Gasteiger partial charge in [0.2, 0.25) is 5.91 Å². The summed E-state index contributed by atoms with van der Waals surface area (Å²) in [6.45, 7) is 4.97. The molecule has 0 spiro atoms. The summed E-state index contributed by atoms with van der Waals surface area (Å²) in [6, 6.07) is 7.18. The average molecular weight is 376 g/mol. The van der Waals surface area contributed by atoms with Crippen LogP contribution in [0.3, 0.4) is 0 Å². The number of thiazole rings is 1. The molecule has 0 aliphatic carbocycles. The number of rotatable bonds is 6. The zero-order valence-corrected chi connectivity index (χ0v) is 15.8. The molecule has 1 fully saturated rings. The van der Waals surface area contributed by atoms with Crippen molar-refractivity contribution in [1.82, 2.24) is 10.3 Å². The molecular weight excluding hydrogens is 352 g/mol. The van der Waals surface area contributed by atoms with E-state index in [2.05, 4.69) is 10.3 Å². The van der Waals surface area contributed by atoms with Gasteiger partial charge in [-0.05, 0) is 38.0 Å². The summed E-state index contributed by atoms with van der Waals surface area (Å²) in [4.78, 5) is 18.0. The van der Waals surface area contributed by atoms with Crippen LogP contribution in [0.1, 0.15) is 27.6 Å². The van der Waals surface area contributed by atoms with Crippen LogP contribution in [0.2, 0.25) is 0 Å². The molecule has 1 aromatic heterocycles. The van der Waals surface area contributed by atoms with Gasteiger partial charge >= 0.3 is 0 Å². The van der Waals surface area contributed by atoms with Crippen molar-refractivity contribution in [1.29, 1.82) is 0 Å². The second-order valence-corrected chi connectivity index (χ2v) is 7.82. The second kappa shape index (κ2) is 8.62. The van der Waals surface area contributed by atoms with Crippen LogP contribution >= 0.6 is 11.3 Å². The minimum Gasteiger partial charge on any atom is -0.486 e. The van der Waals surface area contributed by atoms with Crippen molar-refractivity contribution in [3.8, 4) is 5.75 Å². The van der Waals surface area contributed by atoms with Gasteiger partial charge in [-0.15, -0.1) is 11.3 Å². The quantitative estimate of drug-likeness (QED) is 0.807. The smallest absolute Gasteiger partial charge is 0.226 e. The number of aliphatic hydroxyl groups is 1. The molecule has 26 heavy (non-hydrogen) atoms. The number of benzene rings is 1. The molecule has 1 aliphatic heterocycles. The number of nitrogens with one attached hydrogen (secondary N) is 1. The van der Waals surface area contributed by atoms with E-state index in [1.165, 1.54) is 0 Å². The molecule has 1 saturated heterocycles. The summed E-state index contributed by atoms with van der Waals surface area (Å²) in [7, 11) is 0. The summed E-state index contributed by atoms with van der Waals surface area (Å²) >= 11 is 1.61. The van der Waals surface area contributed by atoms with Gasteiger partial charge in [-0.25, -0.2) is 4.98 Å². The van der Waals surface area contributed by atoms with Crippen molar-refractivity contribution >= 4 is 17.2 Å². The molecule has 140 valence electrons. The Kier molecular flexibility index (Phi) is 6.24. The summed E-state index contributed by atoms with van der Waals surface area (Å²) in [6.07, 6.45) is 0.747. The van der Waals surface area contributed by atoms with E-state index in [-0.39, 0.29) is 31.1 Å². The van der Waals surface area contributed by atoms with Crippen LogP contribution in [0.25, 0.3) is 0 Å². The molecule has 3 rings (SSSR count). The van der Waals surface area contributed by atoms with E-state index >= 15 is 0 Å². The number of nitrogens with zero attached hydrogens (tertiary/aromatic N) is 1. The minimum absolute atomic E-state index is 0.00100. The number of hydrogen-bond donors (Lipinski definition) is 2. The molecule has 0 bridgehead atoms. The first-order chi connectivity index (χ1) is 12.5. The summed E-state index contributed by atoms with van der Waals surface area (Å²) in [5, 5.41) is 13.2. The van der Waals surface area contributed by atoms with Gasteiger partial charge in [0.1, 0.15) is 11.9 Å². The fraction of sp³-hybridized carbons (Fsp3) is 0.474. The lowest BCUT2D eigenvalue weighted by atomic mass is 10.1. The maximum atomic E-state index is 12.5. The molecule has 1 aromatic carbocycles. The van der Waals surface area contributed by atoms with E-state index in [9.17, 15) is 4.79 Å². The Morgan fingerprint density at radius 2 is 2.15 bits per heavy atom. The monoisotopic (exact) mass is 376 g/mol. The Morgan fingerprint density at radius 1 is 1.38 bits per heavy atom. The number of ether oxygens (including phenoxy) is 2. The molecule has 0 saturated carbocycles. The lowest BCUT2D eigenvalue weighted by molar-refractivity contribution is -0.123. The molecule has 0 radical (unpaired) electrons. The number of carbonyl (C=O) groups is 1. The lowest BCUT2D eigenvalue weighted by Gasteiger charge is -2.32. The van der Waals surface area contributed by atoms with E-state index in [4.69, 9.17) is 14.6 Å². The average Bonchev–Trinajstić information content (AvgIpc) is 2.94. The number of carbonyl (C=O) groups excluding carboxylic acids is 1. The van der Waals surface area contributed by atoms with Crippen LogP contribution in [0.5, 0.6) is 5.75 Å². The number of aryl methyl sites for hydroxylation is 2. The molecule has 6 nitrogen and oxygen atoms in total. The van der Waals surface area contributed by atoms with E-state index in [0.29, 0.717) is 25.4 Å². The molecule has 1 amide bonds. The van der Waals surface area contributed by atoms with E-state index in [1.54, 1.807) is 11.3 Å². The normalized spacial score (nSPS) is 20.0. The summed E-state index contributed by atoms with van der Waals surface area (Å²) in [5.41, 5.74) is 1.67. The highest BCUT2D eigenvalue weighted by atomic mass is 32.1. The molecule has 7 heteroatoms. The van der Waals surface area contributed by atoms with Crippen LogP contribution in [0.4, 0.5) is 0 Å². The first kappa shape index (κ1) is 18.8. The van der Waals surface area contributed by atoms with E-state index in [1.807, 2.05) is 38.1 Å². The maximum Gasteiger partial charge on any atom is 0.226 e. The minimum atomic E-state index is -0.244. The fourth-order valence-corrected chi connectivity index (χ4v) is 3.82. The molecule has 2 atom stereocenters. The Morgan fingerprint density at radius 3 is 2.81 bits per heavy atom. The van der Waals surface area contributed by atoms with Crippen molar-refractivity contribution in [3.63, 3.8) is 0 Å². The van der Waals surface area contributed by atoms with Crippen molar-refractivity contribution in [2.24, 2.45) is 0 Å². The maximum absolute atomic E-state index is 12.5. The highest BCUT2D eigenvalue weighted by molar-refractivity contribution is 7.11. The van der Waals surface area contributed by atoms with Crippen LogP contribution in [-0.2, 0) is 22.6 Å². The van der Waals surface area contributed by atoms with Crippen LogP contribution < -0.4 is 10.1 Å². The van der Waals surface area contributed by atoms with Crippen LogP contribution in [-0.4, -0.2) is 41.4 Å². The van der Waals surface area contributed by atoms with Gasteiger partial charge in [-0.2, -0.15) is 0 Å². The Balaban J connectivity index is 1.60. The second-order valence-electron chi connectivity index (χ2n) is 6.41. The number of hydrogen-bond acceptors (Lipinski definition) is 6. The van der Waals surface area contributed by atoms with Gasteiger partial charge in [0, 0.05) is 11.5 Å². The highest BCUT2D eigenvalue weighted by Crippen LogP contribution is 2.20. The fourth-order valence-electron chi connectivity index (χ4n) is 2.99. The van der Waals surface area contributed by atoms with Gasteiger partial charge in [-0.1, -0.05) is 12.1 Å². The molecule has 0 unspecified atom stereocenters. The third kappa shape index (κ3) is 4.81. The van der Waals surface area contributed by atoms with Gasteiger partial charge in [0.15, 0.2) is 0 Å². The van der Waals surface area contributed by atoms with E-state index < -0.39 is 0 Å². The summed E-state index contributed by atoms with van der Waals surface area (Å²) in [5.74, 6) is 0.650. The van der Waals surface area contributed by atoms with Crippen molar-refractivity contribution < 1.29 is 19.4 Å². The summed E-state index contributed by atoms with van der Waals surface area (Å²) < 4.78 is 11.5. The van der Waals surface area contributed by atoms with Gasteiger partial charge < -0.3 is 19.9 Å². The largest absolute Gasteiger partial charge is 0.486 e. The van der Waals surface area contributed by atoms with Gasteiger partial charge in [0.05, 0.1) is 36.4 Å². The Labute approximate surface area is 157 Å². The predicted molar refractivity (Wildman–Crippen MR) is 99.4 cm³/mol. The van der Waals surface area contributed by atoms with Crippen molar-refractivity contribution in [2.45, 2.75) is 45.4 Å². The van der Waals surface area contributed by atoms with Gasteiger partial charge in [-0.3, -0.25) is 4.79 Å². The zero-order valence-electron chi connectivity index (χ0n) is 15.0. The molecule has 1 aliphatic rings. The first-order valence-corrected chi connectivity index (χ1v) is 9.53. The third-order valence-corrected chi connectivity index (χ3v) is 5.30. The standard InChI is InChI=1S/C19H24N2O4S/c1-12-17(20-13(2)26-12)9-19(23)21-16-7-8-24-11-18(16)25-15-5-3-14(10-22)4-6-15/h3-6,16,18,22H,7-11H2,1-2H3,(H,21,23)/t16-,18-/m1/s1. The molecule has 2 N–H and O–H groups in total. The van der Waals surface area contributed by atoms with Crippen LogP contribution in [0.15, 0.2) is 24.3 Å². The first-order valence-electron chi connectivity index (χ1n) is 8.71. The van der Waals surface area contributed by atoms with Crippen molar-refractivity contribution in [3.05, 3.63) is 45.4 Å². The number of aromatic nitrogens is 1. The topological polar surface area (TPSA) is 80.7 Å². The van der Waals surface area contributed by atoms with E-state index in [0.717, 1.165) is 21.1 Å². The highest BCUT2D eigenvalue weighted by Gasteiger charge is 2.29. The predicted octanol–water partition coefficient (Wildman–Crippen LogP) is 2.15. The molecule has 2 aromatic rings. The van der Waals surface area contributed by atoms with Crippen LogP contribution in [0, 0.1) is 13.8 Å². The number of amides is 1. The molecular formula is C19H24N2O4S. The van der Waals surface area contributed by atoms with Gasteiger partial charge in [0.25, 0.3) is 0 Å². The lowest BCUT2D eigenvalue weighted by Crippen LogP contribution is -2.51. The Bertz CT molecular complexity index is 744. The zero-order chi connectivity index (χ0) is 18.5. The van der Waals surface area contributed by atoms with Crippen molar-refractivity contribution in [2.75, 3.05) is 13.2 Å². The third-order valence-electron chi connectivity index (χ3n) is 4.37. The number of aliphatic hydroxyl groups excluding tert-OH is 1. The molecule has 2 heterocycles. The Hall–Kier alpha value is -1.96. The SMILES string of the molecule is Cc1nc(CC(=O)N[C@@H]2CCOC[C@H]2Oc2ccc(CO)cc2)c(C)s1.